The van der Waals surface area contributed by atoms with E-state index < -0.39 is 10.0 Å². The fraction of sp³-hybridized carbons (Fsp3) is 0.417. The molecule has 0 spiro atoms. The molecular weight excluding hydrogens is 292 g/mol. The quantitative estimate of drug-likeness (QED) is 0.785. The van der Waals surface area contributed by atoms with Crippen molar-refractivity contribution >= 4 is 15.7 Å². The van der Waals surface area contributed by atoms with Gasteiger partial charge in [0.05, 0.1) is 12.2 Å². The first-order valence-corrected chi connectivity index (χ1v) is 7.99. The standard InChI is InChI=1S/C12H18N6O2S/c1-3-6-13-10-5-4-7-14-12(10)21(19,20)18(2)8-11-15-9-16-17-11/h4-5,7,9,13H,3,6,8H2,1-2H3,(H,15,16,17). The van der Waals surface area contributed by atoms with Gasteiger partial charge in [-0.3, -0.25) is 5.10 Å². The Morgan fingerprint density at radius 2 is 2.19 bits per heavy atom. The van der Waals surface area contributed by atoms with Crippen molar-refractivity contribution in [2.45, 2.75) is 24.9 Å². The van der Waals surface area contributed by atoms with Crippen LogP contribution < -0.4 is 5.32 Å². The minimum Gasteiger partial charge on any atom is -0.383 e. The van der Waals surface area contributed by atoms with E-state index in [9.17, 15) is 8.42 Å². The number of sulfonamides is 1. The summed E-state index contributed by atoms with van der Waals surface area (Å²) >= 11 is 0. The zero-order chi connectivity index (χ0) is 15.3. The van der Waals surface area contributed by atoms with Crippen LogP contribution in [0.1, 0.15) is 19.2 Å². The number of H-pyrrole nitrogens is 1. The van der Waals surface area contributed by atoms with E-state index in [0.717, 1.165) is 6.42 Å². The number of hydrogen-bond acceptors (Lipinski definition) is 6. The van der Waals surface area contributed by atoms with Crippen LogP contribution in [-0.4, -0.2) is 46.5 Å². The molecule has 2 aromatic rings. The predicted molar refractivity (Wildman–Crippen MR) is 78.1 cm³/mol. The summed E-state index contributed by atoms with van der Waals surface area (Å²) in [6, 6.07) is 3.41. The molecule has 8 nitrogen and oxygen atoms in total. The molecule has 0 atom stereocenters. The van der Waals surface area contributed by atoms with E-state index >= 15 is 0 Å². The highest BCUT2D eigenvalue weighted by Gasteiger charge is 2.26. The van der Waals surface area contributed by atoms with E-state index in [4.69, 9.17) is 0 Å². The lowest BCUT2D eigenvalue weighted by Crippen LogP contribution is -2.28. The molecule has 9 heteroatoms. The summed E-state index contributed by atoms with van der Waals surface area (Å²) in [6.45, 7) is 2.79. The van der Waals surface area contributed by atoms with Gasteiger partial charge in [0.25, 0.3) is 10.0 Å². The molecule has 21 heavy (non-hydrogen) atoms. The minimum atomic E-state index is -3.70. The van der Waals surface area contributed by atoms with Gasteiger partial charge < -0.3 is 5.32 Å². The molecule has 0 amide bonds. The number of nitrogens with zero attached hydrogens (tertiary/aromatic N) is 4. The van der Waals surface area contributed by atoms with Crippen molar-refractivity contribution in [2.24, 2.45) is 0 Å². The first-order valence-electron chi connectivity index (χ1n) is 6.55. The number of hydrogen-bond donors (Lipinski definition) is 2. The van der Waals surface area contributed by atoms with Crippen LogP contribution in [0, 0.1) is 0 Å². The van der Waals surface area contributed by atoms with Crippen LogP contribution in [0.15, 0.2) is 29.7 Å². The van der Waals surface area contributed by atoms with Crippen molar-refractivity contribution in [2.75, 3.05) is 18.9 Å². The molecular formula is C12H18N6O2S. The molecule has 0 aromatic carbocycles. The molecule has 0 bridgehead atoms. The zero-order valence-corrected chi connectivity index (χ0v) is 12.8. The molecule has 2 aromatic heterocycles. The highest BCUT2D eigenvalue weighted by atomic mass is 32.2. The average Bonchev–Trinajstić information content (AvgIpc) is 2.98. The Balaban J connectivity index is 2.26. The Bertz CT molecular complexity index is 671. The second-order valence-electron chi connectivity index (χ2n) is 4.48. The molecule has 0 aliphatic carbocycles. The molecule has 0 aliphatic heterocycles. The molecule has 0 saturated carbocycles. The van der Waals surface area contributed by atoms with Crippen molar-refractivity contribution in [3.8, 4) is 0 Å². The maximum Gasteiger partial charge on any atom is 0.262 e. The summed E-state index contributed by atoms with van der Waals surface area (Å²) < 4.78 is 26.4. The van der Waals surface area contributed by atoms with Crippen molar-refractivity contribution in [1.29, 1.82) is 0 Å². The predicted octanol–water partition coefficient (Wildman–Crippen LogP) is 0.842. The molecule has 0 unspecified atom stereocenters. The second kappa shape index (κ2) is 6.64. The summed E-state index contributed by atoms with van der Waals surface area (Å²) in [5.74, 6) is 0.472. The number of nitrogens with one attached hydrogen (secondary N) is 2. The van der Waals surface area contributed by atoms with Crippen molar-refractivity contribution < 1.29 is 8.42 Å². The fourth-order valence-electron chi connectivity index (χ4n) is 1.74. The van der Waals surface area contributed by atoms with Gasteiger partial charge in [0.2, 0.25) is 0 Å². The molecule has 2 rings (SSSR count). The first-order chi connectivity index (χ1) is 10.1. The third-order valence-corrected chi connectivity index (χ3v) is 4.59. The van der Waals surface area contributed by atoms with E-state index in [-0.39, 0.29) is 11.6 Å². The van der Waals surface area contributed by atoms with Crippen molar-refractivity contribution in [3.63, 3.8) is 0 Å². The summed E-state index contributed by atoms with van der Waals surface area (Å²) in [4.78, 5) is 7.94. The fourth-order valence-corrected chi connectivity index (χ4v) is 2.94. The minimum absolute atomic E-state index is 0.0143. The maximum atomic E-state index is 12.6. The molecule has 0 saturated heterocycles. The van der Waals surface area contributed by atoms with E-state index in [1.54, 1.807) is 12.1 Å². The Labute approximate surface area is 123 Å². The summed E-state index contributed by atoms with van der Waals surface area (Å²) in [6.07, 6.45) is 3.69. The number of aromatic nitrogens is 4. The lowest BCUT2D eigenvalue weighted by molar-refractivity contribution is 0.455. The van der Waals surface area contributed by atoms with Gasteiger partial charge in [0.15, 0.2) is 5.03 Å². The second-order valence-corrected chi connectivity index (χ2v) is 6.44. The van der Waals surface area contributed by atoms with Crippen LogP contribution in [0.5, 0.6) is 0 Å². The smallest absolute Gasteiger partial charge is 0.262 e. The van der Waals surface area contributed by atoms with E-state index in [2.05, 4.69) is 25.5 Å². The Hall–Kier alpha value is -2.00. The molecule has 0 radical (unpaired) electrons. The maximum absolute atomic E-state index is 12.6. The van der Waals surface area contributed by atoms with Gasteiger partial charge in [-0.15, -0.1) is 0 Å². The average molecular weight is 310 g/mol. The van der Waals surface area contributed by atoms with Gasteiger partial charge in [-0.05, 0) is 18.6 Å². The highest BCUT2D eigenvalue weighted by Crippen LogP contribution is 2.21. The van der Waals surface area contributed by atoms with Crippen molar-refractivity contribution in [3.05, 3.63) is 30.5 Å². The number of aromatic amines is 1. The molecule has 0 fully saturated rings. The Morgan fingerprint density at radius 3 is 2.86 bits per heavy atom. The zero-order valence-electron chi connectivity index (χ0n) is 11.9. The van der Waals surface area contributed by atoms with Crippen LogP contribution >= 0.6 is 0 Å². The van der Waals surface area contributed by atoms with E-state index in [1.165, 1.54) is 23.9 Å². The normalized spacial score (nSPS) is 11.8. The van der Waals surface area contributed by atoms with Crippen LogP contribution in [0.3, 0.4) is 0 Å². The Morgan fingerprint density at radius 1 is 1.38 bits per heavy atom. The molecule has 0 aliphatic rings. The van der Waals surface area contributed by atoms with Crippen LogP contribution in [-0.2, 0) is 16.6 Å². The summed E-state index contributed by atoms with van der Waals surface area (Å²) in [5.41, 5.74) is 0.503. The number of pyridine rings is 1. The highest BCUT2D eigenvalue weighted by molar-refractivity contribution is 7.89. The van der Waals surface area contributed by atoms with E-state index in [1.807, 2.05) is 6.92 Å². The summed E-state index contributed by atoms with van der Waals surface area (Å²) in [5, 5.41) is 9.43. The SMILES string of the molecule is CCCNc1cccnc1S(=O)(=O)N(C)Cc1ncn[nH]1. The molecule has 2 N–H and O–H groups in total. The van der Waals surface area contributed by atoms with Gasteiger partial charge in [-0.1, -0.05) is 6.92 Å². The number of rotatable bonds is 7. The van der Waals surface area contributed by atoms with Gasteiger partial charge in [0.1, 0.15) is 12.2 Å². The van der Waals surface area contributed by atoms with Crippen LogP contribution in [0.25, 0.3) is 0 Å². The van der Waals surface area contributed by atoms with E-state index in [0.29, 0.717) is 18.1 Å². The first kappa shape index (κ1) is 15.4. The van der Waals surface area contributed by atoms with Crippen LogP contribution in [0.4, 0.5) is 5.69 Å². The summed E-state index contributed by atoms with van der Waals surface area (Å²) in [7, 11) is -2.22. The molecule has 114 valence electrons. The third-order valence-electron chi connectivity index (χ3n) is 2.83. The molecule has 2 heterocycles. The third kappa shape index (κ3) is 3.56. The lowest BCUT2D eigenvalue weighted by Gasteiger charge is -2.17. The Kier molecular flexibility index (Phi) is 4.86. The number of anilines is 1. The monoisotopic (exact) mass is 310 g/mol. The van der Waals surface area contributed by atoms with Crippen LogP contribution in [0.2, 0.25) is 0 Å². The topological polar surface area (TPSA) is 104 Å². The van der Waals surface area contributed by atoms with Gasteiger partial charge in [0, 0.05) is 19.8 Å². The lowest BCUT2D eigenvalue weighted by atomic mass is 10.4. The largest absolute Gasteiger partial charge is 0.383 e. The van der Waals surface area contributed by atoms with Gasteiger partial charge >= 0.3 is 0 Å². The van der Waals surface area contributed by atoms with Crippen molar-refractivity contribution in [1.82, 2.24) is 24.5 Å². The van der Waals surface area contributed by atoms with Gasteiger partial charge in [-0.25, -0.2) is 18.4 Å². The van der Waals surface area contributed by atoms with Gasteiger partial charge in [-0.2, -0.15) is 9.40 Å².